The smallest absolute Gasteiger partial charge is 0.0299 e. The molecule has 0 aromatic heterocycles. The number of nitrogens with zero attached hydrogens (tertiary/aromatic N) is 2. The van der Waals surface area contributed by atoms with E-state index < -0.39 is 0 Å². The van der Waals surface area contributed by atoms with Crippen molar-refractivity contribution in [3.05, 3.63) is 23.4 Å². The van der Waals surface area contributed by atoms with E-state index >= 15 is 0 Å². The van der Waals surface area contributed by atoms with Crippen LogP contribution in [0, 0.1) is 0 Å². The van der Waals surface area contributed by atoms with E-state index in [-0.39, 0.29) is 0 Å². The first-order valence-corrected chi connectivity index (χ1v) is 5.11. The zero-order valence-corrected chi connectivity index (χ0v) is 10.5. The van der Waals surface area contributed by atoms with Crippen molar-refractivity contribution in [2.75, 3.05) is 34.2 Å². The molecule has 0 saturated heterocycles. The molecule has 0 N–H and O–H groups in total. The van der Waals surface area contributed by atoms with E-state index in [9.17, 15) is 0 Å². The summed E-state index contributed by atoms with van der Waals surface area (Å²) in [6, 6.07) is 0. The van der Waals surface area contributed by atoms with Gasteiger partial charge in [0.05, 0.1) is 0 Å². The highest BCUT2D eigenvalue weighted by molar-refractivity contribution is 5.13. The Morgan fingerprint density at radius 3 is 1.93 bits per heavy atom. The molecule has 0 unspecified atom stereocenters. The Morgan fingerprint density at radius 1 is 0.929 bits per heavy atom. The van der Waals surface area contributed by atoms with Crippen LogP contribution in [0.4, 0.5) is 0 Å². The van der Waals surface area contributed by atoms with E-state index in [1.165, 1.54) is 11.3 Å². The molecule has 2 heteroatoms. The highest BCUT2D eigenvalue weighted by Crippen LogP contribution is 2.01. The molecular weight excluding hydrogens is 172 g/mol. The lowest BCUT2D eigenvalue weighted by Crippen LogP contribution is -2.27. The lowest BCUT2D eigenvalue weighted by Gasteiger charge is -2.21. The first-order valence-electron chi connectivity index (χ1n) is 5.11. The van der Waals surface area contributed by atoms with E-state index in [1.807, 2.05) is 0 Å². The minimum Gasteiger partial charge on any atom is -0.377 e. The van der Waals surface area contributed by atoms with Gasteiger partial charge in [-0.3, -0.25) is 0 Å². The quantitative estimate of drug-likeness (QED) is 0.623. The van der Waals surface area contributed by atoms with Gasteiger partial charge in [-0.1, -0.05) is 11.6 Å². The second-order valence-electron chi connectivity index (χ2n) is 4.28. The summed E-state index contributed by atoms with van der Waals surface area (Å²) in [5.74, 6) is 0. The topological polar surface area (TPSA) is 6.48 Å². The van der Waals surface area contributed by atoms with Gasteiger partial charge in [-0.05, 0) is 40.9 Å². The van der Waals surface area contributed by atoms with Crippen molar-refractivity contribution in [2.24, 2.45) is 0 Å². The maximum absolute atomic E-state index is 2.28. The summed E-state index contributed by atoms with van der Waals surface area (Å²) in [5, 5.41) is 0. The SMILES string of the molecule is CC(C)=C/C=C(\C)N(C)CCN(C)C. The number of hydrogen-bond donors (Lipinski definition) is 0. The van der Waals surface area contributed by atoms with E-state index in [0.717, 1.165) is 13.1 Å². The summed E-state index contributed by atoms with van der Waals surface area (Å²) in [4.78, 5) is 4.48. The fourth-order valence-corrected chi connectivity index (χ4v) is 0.941. The number of hydrogen-bond acceptors (Lipinski definition) is 2. The normalized spacial score (nSPS) is 11.8. The van der Waals surface area contributed by atoms with Crippen molar-refractivity contribution in [2.45, 2.75) is 20.8 Å². The maximum atomic E-state index is 2.28. The third kappa shape index (κ3) is 6.72. The average molecular weight is 196 g/mol. The lowest BCUT2D eigenvalue weighted by molar-refractivity contribution is 0.326. The predicted molar refractivity (Wildman–Crippen MR) is 64.4 cm³/mol. The Labute approximate surface area is 88.9 Å². The largest absolute Gasteiger partial charge is 0.377 e. The highest BCUT2D eigenvalue weighted by Gasteiger charge is 1.98. The molecule has 0 rings (SSSR count). The molecule has 0 heterocycles. The molecule has 0 atom stereocenters. The van der Waals surface area contributed by atoms with Crippen LogP contribution in [-0.4, -0.2) is 44.0 Å². The average Bonchev–Trinajstić information content (AvgIpc) is 2.09. The zero-order chi connectivity index (χ0) is 11.1. The molecule has 0 amide bonds. The third-order valence-electron chi connectivity index (χ3n) is 2.14. The van der Waals surface area contributed by atoms with Crippen LogP contribution in [0.3, 0.4) is 0 Å². The van der Waals surface area contributed by atoms with Crippen molar-refractivity contribution in [1.29, 1.82) is 0 Å². The number of likely N-dealkylation sites (N-methyl/N-ethyl adjacent to an activating group) is 2. The summed E-state index contributed by atoms with van der Waals surface area (Å²) in [6.45, 7) is 8.55. The van der Waals surface area contributed by atoms with Crippen molar-refractivity contribution in [1.82, 2.24) is 9.80 Å². The minimum absolute atomic E-state index is 1.08. The Kier molecular flexibility index (Phi) is 6.30. The van der Waals surface area contributed by atoms with Gasteiger partial charge in [0.1, 0.15) is 0 Å². The van der Waals surface area contributed by atoms with E-state index in [4.69, 9.17) is 0 Å². The van der Waals surface area contributed by atoms with Gasteiger partial charge in [0, 0.05) is 25.8 Å². The van der Waals surface area contributed by atoms with Crippen molar-refractivity contribution >= 4 is 0 Å². The molecule has 0 aliphatic carbocycles. The van der Waals surface area contributed by atoms with Crippen LogP contribution in [0.2, 0.25) is 0 Å². The molecule has 82 valence electrons. The molecular formula is C12H24N2. The van der Waals surface area contributed by atoms with Crippen LogP contribution in [0.25, 0.3) is 0 Å². The Bertz CT molecular complexity index is 210. The molecule has 0 aromatic rings. The van der Waals surface area contributed by atoms with Crippen molar-refractivity contribution in [3.63, 3.8) is 0 Å². The molecule has 0 aromatic carbocycles. The monoisotopic (exact) mass is 196 g/mol. The number of rotatable bonds is 5. The van der Waals surface area contributed by atoms with Crippen LogP contribution < -0.4 is 0 Å². The van der Waals surface area contributed by atoms with Crippen LogP contribution in [0.1, 0.15) is 20.8 Å². The third-order valence-corrected chi connectivity index (χ3v) is 2.14. The van der Waals surface area contributed by atoms with Gasteiger partial charge in [0.2, 0.25) is 0 Å². The minimum atomic E-state index is 1.08. The lowest BCUT2D eigenvalue weighted by atomic mass is 10.3. The van der Waals surface area contributed by atoms with Gasteiger partial charge in [-0.2, -0.15) is 0 Å². The van der Waals surface area contributed by atoms with Gasteiger partial charge in [0.15, 0.2) is 0 Å². The second-order valence-corrected chi connectivity index (χ2v) is 4.28. The molecule has 0 aliphatic heterocycles. The zero-order valence-electron chi connectivity index (χ0n) is 10.5. The summed E-state index contributed by atoms with van der Waals surface area (Å²) in [6.07, 6.45) is 4.33. The molecule has 0 bridgehead atoms. The predicted octanol–water partition coefficient (Wildman–Crippen LogP) is 2.35. The fourth-order valence-electron chi connectivity index (χ4n) is 0.941. The summed E-state index contributed by atoms with van der Waals surface area (Å²) < 4.78 is 0. The molecule has 0 fully saturated rings. The summed E-state index contributed by atoms with van der Waals surface area (Å²) in [5.41, 5.74) is 2.65. The number of allylic oxidation sites excluding steroid dienone is 4. The van der Waals surface area contributed by atoms with Crippen molar-refractivity contribution in [3.8, 4) is 0 Å². The van der Waals surface area contributed by atoms with Gasteiger partial charge in [0.25, 0.3) is 0 Å². The maximum Gasteiger partial charge on any atom is 0.0299 e. The molecule has 14 heavy (non-hydrogen) atoms. The van der Waals surface area contributed by atoms with Gasteiger partial charge >= 0.3 is 0 Å². The first kappa shape index (κ1) is 13.2. The highest BCUT2D eigenvalue weighted by atomic mass is 15.2. The molecule has 0 saturated carbocycles. The molecule has 2 nitrogen and oxygen atoms in total. The summed E-state index contributed by atoms with van der Waals surface area (Å²) >= 11 is 0. The molecule has 0 aliphatic rings. The van der Waals surface area contributed by atoms with E-state index in [1.54, 1.807) is 0 Å². The van der Waals surface area contributed by atoms with Crippen LogP contribution in [0.15, 0.2) is 23.4 Å². The van der Waals surface area contributed by atoms with Crippen LogP contribution in [0.5, 0.6) is 0 Å². The second kappa shape index (κ2) is 6.66. The van der Waals surface area contributed by atoms with Crippen LogP contribution >= 0.6 is 0 Å². The van der Waals surface area contributed by atoms with E-state index in [2.05, 4.69) is 63.9 Å². The fraction of sp³-hybridized carbons (Fsp3) is 0.667. The van der Waals surface area contributed by atoms with Crippen molar-refractivity contribution < 1.29 is 0 Å². The molecule has 0 radical (unpaired) electrons. The molecule has 0 spiro atoms. The first-order chi connectivity index (χ1) is 6.43. The summed E-state index contributed by atoms with van der Waals surface area (Å²) in [7, 11) is 6.33. The van der Waals surface area contributed by atoms with Gasteiger partial charge in [-0.15, -0.1) is 0 Å². The standard InChI is InChI=1S/C12H24N2/c1-11(2)7-8-12(3)14(6)10-9-13(4)5/h7-8H,9-10H2,1-6H3/b12-8+. The van der Waals surface area contributed by atoms with Crippen LogP contribution in [-0.2, 0) is 0 Å². The van der Waals surface area contributed by atoms with E-state index in [0.29, 0.717) is 0 Å². The van der Waals surface area contributed by atoms with Gasteiger partial charge in [-0.25, -0.2) is 0 Å². The van der Waals surface area contributed by atoms with Gasteiger partial charge < -0.3 is 9.80 Å². The Morgan fingerprint density at radius 2 is 1.50 bits per heavy atom. The Balaban J connectivity index is 4.04. The Hall–Kier alpha value is -0.760.